The molecule has 230 valence electrons. The molecule has 2 N–H and O–H groups in total. The minimum Gasteiger partial charge on any atom is -0.495 e. The number of aromatic nitrogens is 3. The molecule has 0 bridgehead atoms. The Morgan fingerprint density at radius 3 is 2.44 bits per heavy atom. The van der Waals surface area contributed by atoms with Crippen molar-refractivity contribution in [2.45, 2.75) is 77.6 Å². The zero-order valence-electron chi connectivity index (χ0n) is 25.4. The SMILES string of the molecule is CCc1nc(-c2ccnc(N(C[C@H]3CC[C@H](c4ccc(OC)c(C)n4)CC3)C(=O)[C@H]3CC[C@H](CNC(=O)O)CC3)c2)co1. The van der Waals surface area contributed by atoms with Gasteiger partial charge in [-0.05, 0) is 94.4 Å². The van der Waals surface area contributed by atoms with E-state index in [1.807, 2.05) is 36.9 Å². The zero-order chi connectivity index (χ0) is 30.3. The summed E-state index contributed by atoms with van der Waals surface area (Å²) in [5, 5.41) is 11.5. The molecule has 3 heterocycles. The van der Waals surface area contributed by atoms with Gasteiger partial charge in [-0.25, -0.2) is 14.8 Å². The second-order valence-corrected chi connectivity index (χ2v) is 12.0. The van der Waals surface area contributed by atoms with Crippen LogP contribution < -0.4 is 15.0 Å². The minimum absolute atomic E-state index is 0.104. The number of oxazole rings is 1. The number of aryl methyl sites for hydroxylation is 2. The van der Waals surface area contributed by atoms with Gasteiger partial charge in [0.05, 0.1) is 12.8 Å². The number of hydrogen-bond donors (Lipinski definition) is 2. The first kappa shape index (κ1) is 30.5. The van der Waals surface area contributed by atoms with Crippen LogP contribution in [0, 0.1) is 24.7 Å². The van der Waals surface area contributed by atoms with E-state index in [4.69, 9.17) is 19.2 Å². The Kier molecular flexibility index (Phi) is 9.94. The second-order valence-electron chi connectivity index (χ2n) is 12.0. The summed E-state index contributed by atoms with van der Waals surface area (Å²) in [5.74, 6) is 3.17. The third-order valence-corrected chi connectivity index (χ3v) is 9.16. The molecule has 0 radical (unpaired) electrons. The maximum atomic E-state index is 14.1. The Morgan fingerprint density at radius 2 is 1.79 bits per heavy atom. The van der Waals surface area contributed by atoms with E-state index in [-0.39, 0.29) is 17.7 Å². The van der Waals surface area contributed by atoms with Crippen LogP contribution in [0.1, 0.15) is 81.5 Å². The van der Waals surface area contributed by atoms with Gasteiger partial charge in [0.2, 0.25) is 5.91 Å². The van der Waals surface area contributed by atoms with Crippen molar-refractivity contribution in [1.82, 2.24) is 20.3 Å². The molecular formula is C33H43N5O5. The Hall–Kier alpha value is -3.95. The number of pyridine rings is 2. The minimum atomic E-state index is -0.999. The highest BCUT2D eigenvalue weighted by Crippen LogP contribution is 2.38. The first-order valence-corrected chi connectivity index (χ1v) is 15.5. The van der Waals surface area contributed by atoms with Gasteiger partial charge in [0.1, 0.15) is 23.5 Å². The van der Waals surface area contributed by atoms with Crippen LogP contribution in [-0.2, 0) is 11.2 Å². The number of rotatable bonds is 10. The van der Waals surface area contributed by atoms with Gasteiger partial charge in [0.25, 0.3) is 0 Å². The predicted molar refractivity (Wildman–Crippen MR) is 163 cm³/mol. The standard InChI is InChI=1S/C33H43N5O5/c1-4-31-37-28(20-43-31)26-15-16-34-30(17-26)38(32(39)25-11-5-22(6-12-25)18-35-33(40)41)19-23-7-9-24(10-8-23)27-13-14-29(42-3)21(2)36-27/h13-17,20,22-25,35H,4-12,18-19H2,1-3H3,(H,40,41)/t22-,23-,24-,25-. The topological polar surface area (TPSA) is 131 Å². The van der Waals surface area contributed by atoms with Crippen LogP contribution in [0.2, 0.25) is 0 Å². The fraction of sp³-hybridized carbons (Fsp3) is 0.545. The largest absolute Gasteiger partial charge is 0.495 e. The monoisotopic (exact) mass is 589 g/mol. The van der Waals surface area contributed by atoms with Crippen molar-refractivity contribution in [1.29, 1.82) is 0 Å². The number of nitrogens with one attached hydrogen (secondary N) is 1. The van der Waals surface area contributed by atoms with Crippen LogP contribution in [0.5, 0.6) is 5.75 Å². The zero-order valence-corrected chi connectivity index (χ0v) is 25.4. The van der Waals surface area contributed by atoms with E-state index < -0.39 is 6.09 Å². The van der Waals surface area contributed by atoms with Gasteiger partial charge in [-0.15, -0.1) is 0 Å². The Bertz CT molecular complexity index is 1390. The molecule has 2 aliphatic rings. The van der Waals surface area contributed by atoms with Crippen LogP contribution >= 0.6 is 0 Å². The lowest BCUT2D eigenvalue weighted by Gasteiger charge is -2.35. The summed E-state index contributed by atoms with van der Waals surface area (Å²) in [7, 11) is 1.67. The molecule has 2 aliphatic carbocycles. The molecule has 2 fully saturated rings. The van der Waals surface area contributed by atoms with Crippen molar-refractivity contribution in [3.8, 4) is 17.0 Å². The summed E-state index contributed by atoms with van der Waals surface area (Å²) in [4.78, 5) is 41.1. The van der Waals surface area contributed by atoms with Crippen molar-refractivity contribution in [3.63, 3.8) is 0 Å². The number of carbonyl (C=O) groups is 2. The smallest absolute Gasteiger partial charge is 0.404 e. The lowest BCUT2D eigenvalue weighted by molar-refractivity contribution is -0.123. The van der Waals surface area contributed by atoms with Crippen molar-refractivity contribution < 1.29 is 23.8 Å². The lowest BCUT2D eigenvalue weighted by atomic mass is 9.79. The summed E-state index contributed by atoms with van der Waals surface area (Å²) in [6, 6.07) is 7.94. The fourth-order valence-corrected chi connectivity index (χ4v) is 6.60. The van der Waals surface area contributed by atoms with Crippen LogP contribution in [0.4, 0.5) is 10.6 Å². The highest BCUT2D eigenvalue weighted by Gasteiger charge is 2.33. The van der Waals surface area contributed by atoms with Gasteiger partial charge in [-0.2, -0.15) is 0 Å². The van der Waals surface area contributed by atoms with Gasteiger partial charge in [0, 0.05) is 48.8 Å². The highest BCUT2D eigenvalue weighted by molar-refractivity contribution is 5.94. The molecule has 10 heteroatoms. The van der Waals surface area contributed by atoms with E-state index in [0.29, 0.717) is 43.1 Å². The number of nitrogens with zero attached hydrogens (tertiary/aromatic N) is 4. The van der Waals surface area contributed by atoms with Gasteiger partial charge in [-0.1, -0.05) is 6.92 Å². The number of carbonyl (C=O) groups excluding carboxylic acids is 1. The summed E-state index contributed by atoms with van der Waals surface area (Å²) >= 11 is 0. The summed E-state index contributed by atoms with van der Waals surface area (Å²) in [6.45, 7) is 5.04. The third-order valence-electron chi connectivity index (χ3n) is 9.16. The highest BCUT2D eigenvalue weighted by atomic mass is 16.5. The normalized spacial score (nSPS) is 22.1. The van der Waals surface area contributed by atoms with Gasteiger partial charge in [-0.3, -0.25) is 14.7 Å². The summed E-state index contributed by atoms with van der Waals surface area (Å²) in [6.07, 6.45) is 10.3. The molecule has 0 aromatic carbocycles. The molecule has 2 saturated carbocycles. The van der Waals surface area contributed by atoms with Crippen molar-refractivity contribution >= 4 is 17.8 Å². The van der Waals surface area contributed by atoms with E-state index in [2.05, 4.69) is 21.4 Å². The molecule has 10 nitrogen and oxygen atoms in total. The van der Waals surface area contributed by atoms with Crippen molar-refractivity contribution in [2.75, 3.05) is 25.1 Å². The Labute approximate surface area is 253 Å². The van der Waals surface area contributed by atoms with E-state index in [0.717, 1.165) is 79.8 Å². The van der Waals surface area contributed by atoms with E-state index >= 15 is 0 Å². The predicted octanol–water partition coefficient (Wildman–Crippen LogP) is 6.39. The number of carboxylic acid groups (broad SMARTS) is 1. The van der Waals surface area contributed by atoms with Crippen molar-refractivity contribution in [2.24, 2.45) is 17.8 Å². The van der Waals surface area contributed by atoms with Crippen LogP contribution in [0.15, 0.2) is 41.1 Å². The number of ether oxygens (including phenoxy) is 1. The molecule has 0 saturated heterocycles. The van der Waals surface area contributed by atoms with Gasteiger partial charge >= 0.3 is 6.09 Å². The molecule has 5 rings (SSSR count). The molecule has 43 heavy (non-hydrogen) atoms. The molecule has 0 unspecified atom stereocenters. The quantitative estimate of drug-likeness (QED) is 0.278. The summed E-state index contributed by atoms with van der Waals surface area (Å²) < 4.78 is 11.0. The summed E-state index contributed by atoms with van der Waals surface area (Å²) in [5.41, 5.74) is 3.64. The van der Waals surface area contributed by atoms with E-state index in [1.165, 1.54) is 0 Å². The molecule has 0 spiro atoms. The second kappa shape index (κ2) is 14.0. The first-order valence-electron chi connectivity index (χ1n) is 15.5. The average molecular weight is 590 g/mol. The first-order chi connectivity index (χ1) is 20.8. The maximum absolute atomic E-state index is 14.1. The van der Waals surface area contributed by atoms with Crippen LogP contribution in [-0.4, -0.2) is 52.3 Å². The number of anilines is 1. The maximum Gasteiger partial charge on any atom is 0.404 e. The molecule has 0 atom stereocenters. The number of hydrogen-bond acceptors (Lipinski definition) is 7. The number of methoxy groups -OCH3 is 1. The van der Waals surface area contributed by atoms with E-state index in [9.17, 15) is 9.59 Å². The third kappa shape index (κ3) is 7.53. The van der Waals surface area contributed by atoms with Crippen LogP contribution in [0.25, 0.3) is 11.3 Å². The van der Waals surface area contributed by atoms with E-state index in [1.54, 1.807) is 19.6 Å². The van der Waals surface area contributed by atoms with Gasteiger partial charge in [0.15, 0.2) is 5.89 Å². The Morgan fingerprint density at radius 1 is 1.05 bits per heavy atom. The average Bonchev–Trinajstić information content (AvgIpc) is 3.53. The van der Waals surface area contributed by atoms with Gasteiger partial charge < -0.3 is 19.6 Å². The van der Waals surface area contributed by atoms with Crippen molar-refractivity contribution in [3.05, 3.63) is 54.0 Å². The molecule has 3 aromatic heterocycles. The molecule has 2 amide bonds. The van der Waals surface area contributed by atoms with Crippen LogP contribution in [0.3, 0.4) is 0 Å². The lowest BCUT2D eigenvalue weighted by Crippen LogP contribution is -2.42. The molecular weight excluding hydrogens is 546 g/mol. The number of amides is 2. The molecule has 0 aliphatic heterocycles. The molecule has 3 aromatic rings. The fourth-order valence-electron chi connectivity index (χ4n) is 6.60. The Balaban J connectivity index is 1.30.